The number of fused-ring (bicyclic) bond motifs is 1. The Labute approximate surface area is 173 Å². The van der Waals surface area contributed by atoms with E-state index < -0.39 is 0 Å². The van der Waals surface area contributed by atoms with Gasteiger partial charge in [-0.05, 0) is 41.0 Å². The molecular weight excluding hydrogens is 390 g/mol. The van der Waals surface area contributed by atoms with Crippen molar-refractivity contribution in [3.05, 3.63) is 51.6 Å². The van der Waals surface area contributed by atoms with Crippen molar-refractivity contribution in [1.82, 2.24) is 9.55 Å². The second-order valence-corrected chi connectivity index (χ2v) is 9.31. The van der Waals surface area contributed by atoms with Crippen molar-refractivity contribution in [3.8, 4) is 0 Å². The van der Waals surface area contributed by atoms with Crippen LogP contribution in [0.5, 0.6) is 0 Å². The molecule has 3 aromatic rings. The number of nitrogens with one attached hydrogen (secondary N) is 1. The van der Waals surface area contributed by atoms with Crippen molar-refractivity contribution in [2.24, 2.45) is 5.92 Å². The fourth-order valence-corrected chi connectivity index (χ4v) is 4.43. The third kappa shape index (κ3) is 4.83. The van der Waals surface area contributed by atoms with Crippen LogP contribution in [0, 0.1) is 5.92 Å². The van der Waals surface area contributed by atoms with Gasteiger partial charge in [-0.2, -0.15) is 0 Å². The van der Waals surface area contributed by atoms with E-state index in [0.717, 1.165) is 5.69 Å². The molecule has 0 radical (unpaired) electrons. The Kier molecular flexibility index (Phi) is 6.57. The molecule has 0 atom stereocenters. The zero-order chi connectivity index (χ0) is 20.3. The molecule has 0 aliphatic rings. The predicted octanol–water partition coefficient (Wildman–Crippen LogP) is 4.97. The van der Waals surface area contributed by atoms with E-state index in [1.54, 1.807) is 4.57 Å². The summed E-state index contributed by atoms with van der Waals surface area (Å²) in [6.07, 6.45) is 0. The molecule has 2 aromatic heterocycles. The summed E-state index contributed by atoms with van der Waals surface area (Å²) in [5.41, 5.74) is 2.68. The Morgan fingerprint density at radius 2 is 1.89 bits per heavy atom. The number of carbonyl (C=O) groups is 1. The fraction of sp³-hybridized carbons (Fsp3) is 0.381. The number of hydrogen-bond acceptors (Lipinski definition) is 5. The summed E-state index contributed by atoms with van der Waals surface area (Å²) < 4.78 is 2.36. The van der Waals surface area contributed by atoms with Crippen LogP contribution in [0.1, 0.15) is 39.2 Å². The van der Waals surface area contributed by atoms with Gasteiger partial charge in [-0.15, -0.1) is 11.3 Å². The van der Waals surface area contributed by atoms with Crippen LogP contribution in [-0.2, 0) is 11.3 Å². The molecule has 1 amide bonds. The van der Waals surface area contributed by atoms with Crippen LogP contribution in [0.3, 0.4) is 0 Å². The summed E-state index contributed by atoms with van der Waals surface area (Å²) in [4.78, 5) is 29.8. The van der Waals surface area contributed by atoms with Gasteiger partial charge in [0.15, 0.2) is 5.16 Å². The molecule has 0 saturated carbocycles. The van der Waals surface area contributed by atoms with E-state index in [9.17, 15) is 9.59 Å². The van der Waals surface area contributed by atoms with E-state index in [1.807, 2.05) is 35.7 Å². The fourth-order valence-electron chi connectivity index (χ4n) is 2.84. The summed E-state index contributed by atoms with van der Waals surface area (Å²) in [7, 11) is 0. The number of anilines is 1. The number of carbonyl (C=O) groups excluding carboxylic acids is 1. The summed E-state index contributed by atoms with van der Waals surface area (Å²) in [6.45, 7) is 8.98. The Morgan fingerprint density at radius 3 is 2.54 bits per heavy atom. The SMILES string of the molecule is CC(C)Cn1c(SCC(=O)Nc2ccc(C(C)C)cc2)nc2ccsc2c1=O. The second kappa shape index (κ2) is 8.92. The number of rotatable bonds is 7. The maximum absolute atomic E-state index is 12.8. The molecular formula is C21H25N3O2S2. The van der Waals surface area contributed by atoms with E-state index in [0.29, 0.717) is 33.8 Å². The first-order valence-corrected chi connectivity index (χ1v) is 11.2. The van der Waals surface area contributed by atoms with Crippen LogP contribution in [-0.4, -0.2) is 21.2 Å². The van der Waals surface area contributed by atoms with Crippen LogP contribution in [0.15, 0.2) is 45.7 Å². The van der Waals surface area contributed by atoms with Gasteiger partial charge in [-0.1, -0.05) is 51.6 Å². The van der Waals surface area contributed by atoms with Crippen molar-refractivity contribution in [2.75, 3.05) is 11.1 Å². The molecule has 0 saturated heterocycles. The number of thioether (sulfide) groups is 1. The van der Waals surface area contributed by atoms with Gasteiger partial charge in [0.2, 0.25) is 5.91 Å². The Bertz CT molecular complexity index is 1020. The average molecular weight is 416 g/mol. The minimum atomic E-state index is -0.113. The maximum Gasteiger partial charge on any atom is 0.272 e. The van der Waals surface area contributed by atoms with Gasteiger partial charge in [0.05, 0.1) is 11.3 Å². The van der Waals surface area contributed by atoms with Crippen molar-refractivity contribution < 1.29 is 4.79 Å². The topological polar surface area (TPSA) is 64.0 Å². The highest BCUT2D eigenvalue weighted by Crippen LogP contribution is 2.22. The monoisotopic (exact) mass is 415 g/mol. The number of amides is 1. The summed E-state index contributed by atoms with van der Waals surface area (Å²) in [5, 5.41) is 5.38. The minimum absolute atomic E-state index is 0.0270. The van der Waals surface area contributed by atoms with Gasteiger partial charge in [0.25, 0.3) is 5.56 Å². The third-order valence-corrected chi connectivity index (χ3v) is 6.14. The smallest absolute Gasteiger partial charge is 0.272 e. The van der Waals surface area contributed by atoms with Gasteiger partial charge < -0.3 is 5.32 Å². The van der Waals surface area contributed by atoms with Crippen LogP contribution in [0.4, 0.5) is 5.69 Å². The Balaban J connectivity index is 1.73. The van der Waals surface area contributed by atoms with Crippen molar-refractivity contribution in [2.45, 2.75) is 45.3 Å². The quantitative estimate of drug-likeness (QED) is 0.437. The van der Waals surface area contributed by atoms with Gasteiger partial charge in [0, 0.05) is 12.2 Å². The first-order valence-electron chi connectivity index (χ1n) is 9.35. The van der Waals surface area contributed by atoms with E-state index in [4.69, 9.17) is 0 Å². The number of nitrogens with zero attached hydrogens (tertiary/aromatic N) is 2. The number of hydrogen-bond donors (Lipinski definition) is 1. The van der Waals surface area contributed by atoms with E-state index in [-0.39, 0.29) is 17.2 Å². The molecule has 0 fully saturated rings. The summed E-state index contributed by atoms with van der Waals surface area (Å²) in [6, 6.07) is 9.74. The zero-order valence-corrected chi connectivity index (χ0v) is 18.2. The lowest BCUT2D eigenvalue weighted by molar-refractivity contribution is -0.113. The molecule has 0 unspecified atom stereocenters. The highest BCUT2D eigenvalue weighted by Gasteiger charge is 2.15. The zero-order valence-electron chi connectivity index (χ0n) is 16.6. The lowest BCUT2D eigenvalue weighted by atomic mass is 10.0. The lowest BCUT2D eigenvalue weighted by Gasteiger charge is -2.14. The molecule has 0 spiro atoms. The minimum Gasteiger partial charge on any atom is -0.325 e. The lowest BCUT2D eigenvalue weighted by Crippen LogP contribution is -2.25. The summed E-state index contributed by atoms with van der Waals surface area (Å²) in [5.74, 6) is 0.852. The molecule has 2 heterocycles. The van der Waals surface area contributed by atoms with Gasteiger partial charge in [0.1, 0.15) is 4.70 Å². The van der Waals surface area contributed by atoms with Crippen LogP contribution >= 0.6 is 23.1 Å². The van der Waals surface area contributed by atoms with Crippen molar-refractivity contribution in [1.29, 1.82) is 0 Å². The van der Waals surface area contributed by atoms with Crippen molar-refractivity contribution >= 4 is 44.9 Å². The van der Waals surface area contributed by atoms with Gasteiger partial charge in [-0.25, -0.2) is 4.98 Å². The molecule has 5 nitrogen and oxygen atoms in total. The molecule has 7 heteroatoms. The maximum atomic E-state index is 12.8. The van der Waals surface area contributed by atoms with E-state index >= 15 is 0 Å². The van der Waals surface area contributed by atoms with Gasteiger partial charge in [-0.3, -0.25) is 14.2 Å². The molecule has 1 N–H and O–H groups in total. The largest absolute Gasteiger partial charge is 0.325 e. The van der Waals surface area contributed by atoms with Gasteiger partial charge >= 0.3 is 0 Å². The second-order valence-electron chi connectivity index (χ2n) is 7.45. The van der Waals surface area contributed by atoms with Crippen molar-refractivity contribution in [3.63, 3.8) is 0 Å². The standard InChI is InChI=1S/C21H25N3O2S2/c1-13(2)11-24-20(26)19-17(9-10-27-19)23-21(24)28-12-18(25)22-16-7-5-15(6-8-16)14(3)4/h5-10,13-14H,11-12H2,1-4H3,(H,22,25). The van der Waals surface area contributed by atoms with Crippen LogP contribution in [0.25, 0.3) is 10.2 Å². The Morgan fingerprint density at radius 1 is 1.18 bits per heavy atom. The third-order valence-electron chi connectivity index (χ3n) is 4.27. The highest BCUT2D eigenvalue weighted by molar-refractivity contribution is 7.99. The van der Waals surface area contributed by atoms with Crippen LogP contribution in [0.2, 0.25) is 0 Å². The first-order chi connectivity index (χ1) is 13.3. The molecule has 0 aliphatic carbocycles. The Hall–Kier alpha value is -2.12. The molecule has 0 aliphatic heterocycles. The molecule has 148 valence electrons. The summed E-state index contributed by atoms with van der Waals surface area (Å²) >= 11 is 2.71. The normalized spacial score (nSPS) is 11.5. The van der Waals surface area contributed by atoms with E-state index in [2.05, 4.69) is 38.0 Å². The van der Waals surface area contributed by atoms with E-state index in [1.165, 1.54) is 28.7 Å². The van der Waals surface area contributed by atoms with Crippen LogP contribution < -0.4 is 10.9 Å². The number of thiophene rings is 1. The molecule has 28 heavy (non-hydrogen) atoms. The highest BCUT2D eigenvalue weighted by atomic mass is 32.2. The average Bonchev–Trinajstić information content (AvgIpc) is 3.11. The number of benzene rings is 1. The first kappa shape index (κ1) is 20.6. The molecule has 3 rings (SSSR count). The molecule has 1 aromatic carbocycles. The number of aromatic nitrogens is 2. The molecule has 0 bridgehead atoms. The predicted molar refractivity (Wildman–Crippen MR) is 119 cm³/mol.